The molecular formula is C23H21F3N6O. The van der Waals surface area contributed by atoms with Crippen LogP contribution < -0.4 is 10.6 Å². The van der Waals surface area contributed by atoms with E-state index in [1.54, 1.807) is 13.0 Å². The molecule has 2 heterocycles. The van der Waals surface area contributed by atoms with Gasteiger partial charge in [-0.2, -0.15) is 0 Å². The normalized spacial score (nSPS) is 11.3. The second kappa shape index (κ2) is 8.53. The summed E-state index contributed by atoms with van der Waals surface area (Å²) in [5, 5.41) is 5.17. The zero-order valence-corrected chi connectivity index (χ0v) is 18.4. The van der Waals surface area contributed by atoms with Gasteiger partial charge in [-0.25, -0.2) is 28.1 Å². The zero-order valence-electron chi connectivity index (χ0n) is 18.4. The van der Waals surface area contributed by atoms with Crippen LogP contribution in [0, 0.1) is 24.4 Å². The Morgan fingerprint density at radius 2 is 1.79 bits per heavy atom. The molecule has 4 rings (SSSR count). The molecule has 0 aliphatic carbocycles. The third kappa shape index (κ3) is 4.36. The summed E-state index contributed by atoms with van der Waals surface area (Å²) >= 11 is 0. The Bertz CT molecular complexity index is 1380. The molecule has 2 aromatic heterocycles. The van der Waals surface area contributed by atoms with E-state index in [0.717, 1.165) is 12.3 Å². The molecule has 0 unspecified atom stereocenters. The van der Waals surface area contributed by atoms with Gasteiger partial charge in [0.15, 0.2) is 11.6 Å². The van der Waals surface area contributed by atoms with Crippen LogP contribution in [0.1, 0.15) is 32.6 Å². The predicted molar refractivity (Wildman–Crippen MR) is 120 cm³/mol. The number of amides is 1. The van der Waals surface area contributed by atoms with Crippen LogP contribution in [0.2, 0.25) is 0 Å². The second-order valence-corrected chi connectivity index (χ2v) is 7.84. The first-order chi connectivity index (χ1) is 15.6. The highest BCUT2D eigenvalue weighted by atomic mass is 19.1. The summed E-state index contributed by atoms with van der Waals surface area (Å²) in [7, 11) is 0. The van der Waals surface area contributed by atoms with Crippen LogP contribution in [-0.2, 0) is 4.79 Å². The molecule has 33 heavy (non-hydrogen) atoms. The van der Waals surface area contributed by atoms with Crippen molar-refractivity contribution in [3.05, 3.63) is 59.8 Å². The van der Waals surface area contributed by atoms with Crippen molar-refractivity contribution in [3.8, 4) is 11.3 Å². The Balaban J connectivity index is 1.72. The van der Waals surface area contributed by atoms with Gasteiger partial charge >= 0.3 is 0 Å². The van der Waals surface area contributed by atoms with Crippen molar-refractivity contribution in [1.29, 1.82) is 0 Å². The Kier molecular flexibility index (Phi) is 5.75. The van der Waals surface area contributed by atoms with Crippen molar-refractivity contribution < 1.29 is 18.0 Å². The van der Waals surface area contributed by atoms with Crippen molar-refractivity contribution in [1.82, 2.24) is 19.5 Å². The Morgan fingerprint density at radius 3 is 2.45 bits per heavy atom. The monoisotopic (exact) mass is 454 g/mol. The molecule has 0 bridgehead atoms. The number of halogens is 3. The van der Waals surface area contributed by atoms with Crippen molar-refractivity contribution in [2.24, 2.45) is 0 Å². The molecular weight excluding hydrogens is 433 g/mol. The maximum Gasteiger partial charge on any atom is 0.227 e. The number of nitrogens with zero attached hydrogens (tertiary/aromatic N) is 4. The van der Waals surface area contributed by atoms with Gasteiger partial charge in [0.2, 0.25) is 11.9 Å². The van der Waals surface area contributed by atoms with Crippen molar-refractivity contribution >= 4 is 34.3 Å². The molecule has 2 N–H and O–H groups in total. The predicted octanol–water partition coefficient (Wildman–Crippen LogP) is 5.50. The highest BCUT2D eigenvalue weighted by molar-refractivity contribution is 5.89. The van der Waals surface area contributed by atoms with Gasteiger partial charge in [-0.05, 0) is 51.1 Å². The molecule has 2 aromatic carbocycles. The first-order valence-corrected chi connectivity index (χ1v) is 10.2. The summed E-state index contributed by atoms with van der Waals surface area (Å²) in [5.41, 5.74) is 1.15. The Morgan fingerprint density at radius 1 is 1.03 bits per heavy atom. The third-order valence-electron chi connectivity index (χ3n) is 4.99. The molecule has 10 heteroatoms. The number of hydrogen-bond acceptors (Lipinski definition) is 5. The summed E-state index contributed by atoms with van der Waals surface area (Å²) in [4.78, 5) is 23.5. The third-order valence-corrected chi connectivity index (χ3v) is 4.99. The van der Waals surface area contributed by atoms with Crippen LogP contribution in [0.15, 0.2) is 36.5 Å². The fourth-order valence-corrected chi connectivity index (χ4v) is 3.70. The minimum Gasteiger partial charge on any atom is -0.326 e. The van der Waals surface area contributed by atoms with Gasteiger partial charge in [0.25, 0.3) is 0 Å². The van der Waals surface area contributed by atoms with Crippen LogP contribution in [0.25, 0.3) is 22.3 Å². The number of nitrogens with one attached hydrogen (secondary N) is 2. The van der Waals surface area contributed by atoms with Gasteiger partial charge in [0, 0.05) is 24.2 Å². The smallest absolute Gasteiger partial charge is 0.227 e. The average Bonchev–Trinajstić information content (AvgIpc) is 3.08. The maximum absolute atomic E-state index is 14.8. The lowest BCUT2D eigenvalue weighted by molar-refractivity contribution is -0.114. The molecule has 0 aliphatic rings. The van der Waals surface area contributed by atoms with E-state index in [4.69, 9.17) is 0 Å². The van der Waals surface area contributed by atoms with Gasteiger partial charge in [-0.3, -0.25) is 4.79 Å². The topological polar surface area (TPSA) is 84.7 Å². The quantitative estimate of drug-likeness (QED) is 0.416. The lowest BCUT2D eigenvalue weighted by Gasteiger charge is -2.12. The second-order valence-electron chi connectivity index (χ2n) is 7.84. The van der Waals surface area contributed by atoms with Crippen LogP contribution in [-0.4, -0.2) is 25.4 Å². The number of carbonyl (C=O) groups is 1. The summed E-state index contributed by atoms with van der Waals surface area (Å²) in [6.07, 6.45) is 0.958. The standard InChI is InChI=1S/C23H21F3N6O/c1-11(2)32-12(3)28-22-17(25)7-14(8-20(22)32)21-18(26)10-27-23(31-21)30-15-5-6-19(16(24)9-15)29-13(4)33/h5-11H,1-4H3,(H,29,33)(H,27,30,31). The largest absolute Gasteiger partial charge is 0.326 e. The van der Waals surface area contributed by atoms with E-state index < -0.39 is 23.4 Å². The molecule has 170 valence electrons. The fraction of sp³-hybridized carbons (Fsp3) is 0.217. The van der Waals surface area contributed by atoms with E-state index in [0.29, 0.717) is 11.3 Å². The number of fused-ring (bicyclic) bond motifs is 1. The van der Waals surface area contributed by atoms with E-state index in [2.05, 4.69) is 25.6 Å². The van der Waals surface area contributed by atoms with Crippen molar-refractivity contribution in [2.45, 2.75) is 33.7 Å². The number of imidazole rings is 1. The van der Waals surface area contributed by atoms with E-state index in [9.17, 15) is 18.0 Å². The molecule has 0 fully saturated rings. The van der Waals surface area contributed by atoms with Crippen LogP contribution in [0.3, 0.4) is 0 Å². The number of hydrogen-bond donors (Lipinski definition) is 2. The molecule has 0 aliphatic heterocycles. The van der Waals surface area contributed by atoms with Crippen LogP contribution >= 0.6 is 0 Å². The molecule has 4 aromatic rings. The van der Waals surface area contributed by atoms with Gasteiger partial charge in [-0.1, -0.05) is 0 Å². The Hall–Kier alpha value is -3.95. The van der Waals surface area contributed by atoms with Gasteiger partial charge in [-0.15, -0.1) is 0 Å². The van der Waals surface area contributed by atoms with Gasteiger partial charge in [0.1, 0.15) is 22.9 Å². The molecule has 0 saturated heterocycles. The number of anilines is 3. The first kappa shape index (κ1) is 22.3. The van der Waals surface area contributed by atoms with E-state index in [1.807, 2.05) is 18.4 Å². The summed E-state index contributed by atoms with van der Waals surface area (Å²) in [6.45, 7) is 6.95. The molecule has 0 radical (unpaired) electrons. The fourth-order valence-electron chi connectivity index (χ4n) is 3.70. The summed E-state index contributed by atoms with van der Waals surface area (Å²) in [5.74, 6) is -1.76. The van der Waals surface area contributed by atoms with E-state index in [-0.39, 0.29) is 40.1 Å². The highest BCUT2D eigenvalue weighted by Gasteiger charge is 2.18. The Labute approximate surface area is 187 Å². The first-order valence-electron chi connectivity index (χ1n) is 10.2. The number of benzene rings is 2. The van der Waals surface area contributed by atoms with Crippen molar-refractivity contribution in [2.75, 3.05) is 10.6 Å². The lowest BCUT2D eigenvalue weighted by Crippen LogP contribution is -2.08. The van der Waals surface area contributed by atoms with E-state index >= 15 is 0 Å². The minimum atomic E-state index is -0.737. The zero-order chi connectivity index (χ0) is 23.9. The average molecular weight is 454 g/mol. The SMILES string of the molecule is CC(=O)Nc1ccc(Nc2ncc(F)c(-c3cc(F)c4nc(C)n(C(C)C)c4c3)n2)cc1F. The van der Waals surface area contributed by atoms with Crippen molar-refractivity contribution in [3.63, 3.8) is 0 Å². The number of aryl methyl sites for hydroxylation is 1. The number of rotatable bonds is 5. The molecule has 1 amide bonds. The molecule has 7 nitrogen and oxygen atoms in total. The van der Waals surface area contributed by atoms with Crippen LogP contribution in [0.4, 0.5) is 30.5 Å². The minimum absolute atomic E-state index is 0.00729. The molecule has 0 saturated carbocycles. The highest BCUT2D eigenvalue weighted by Crippen LogP contribution is 2.30. The van der Waals surface area contributed by atoms with Gasteiger partial charge < -0.3 is 15.2 Å². The summed E-state index contributed by atoms with van der Waals surface area (Å²) < 4.78 is 45.5. The maximum atomic E-state index is 14.8. The number of carbonyl (C=O) groups excluding carboxylic acids is 1. The summed E-state index contributed by atoms with van der Waals surface area (Å²) in [6, 6.07) is 6.87. The van der Waals surface area contributed by atoms with E-state index in [1.165, 1.54) is 25.1 Å². The van der Waals surface area contributed by atoms with Crippen LogP contribution in [0.5, 0.6) is 0 Å². The molecule has 0 atom stereocenters. The molecule has 0 spiro atoms. The van der Waals surface area contributed by atoms with Gasteiger partial charge in [0.05, 0.1) is 17.4 Å². The number of aromatic nitrogens is 4. The lowest BCUT2D eigenvalue weighted by atomic mass is 10.1.